The van der Waals surface area contributed by atoms with Crippen LogP contribution in [0.4, 0.5) is 4.79 Å². The van der Waals surface area contributed by atoms with Crippen molar-refractivity contribution in [3.8, 4) is 0 Å². The molecule has 0 aromatic heterocycles. The van der Waals surface area contributed by atoms with Crippen LogP contribution in [0.25, 0.3) is 0 Å². The van der Waals surface area contributed by atoms with Gasteiger partial charge in [0.25, 0.3) is 0 Å². The topological polar surface area (TPSA) is 75.9 Å². The Morgan fingerprint density at radius 3 is 2.25 bits per heavy atom. The molecule has 0 aliphatic carbocycles. The summed E-state index contributed by atoms with van der Waals surface area (Å²) in [6, 6.07) is -0.506. The molecule has 1 aliphatic heterocycles. The van der Waals surface area contributed by atoms with Crippen LogP contribution < -0.4 is 5.73 Å². The number of carbonyl (C=O) groups is 2. The van der Waals surface area contributed by atoms with Gasteiger partial charge in [0.15, 0.2) is 0 Å². The Bertz CT molecular complexity index is 443. The molecule has 24 heavy (non-hydrogen) atoms. The van der Waals surface area contributed by atoms with E-state index in [1.54, 1.807) is 9.80 Å². The van der Waals surface area contributed by atoms with Gasteiger partial charge in [0, 0.05) is 19.1 Å². The zero-order valence-electron chi connectivity index (χ0n) is 16.3. The molecule has 0 aromatic carbocycles. The molecule has 1 saturated heterocycles. The van der Waals surface area contributed by atoms with Crippen LogP contribution in [0, 0.1) is 5.92 Å². The van der Waals surface area contributed by atoms with E-state index in [9.17, 15) is 9.59 Å². The Kier molecular flexibility index (Phi) is 7.08. The van der Waals surface area contributed by atoms with Crippen molar-refractivity contribution < 1.29 is 14.3 Å². The fourth-order valence-electron chi connectivity index (χ4n) is 2.97. The van der Waals surface area contributed by atoms with Crippen LogP contribution in [0.15, 0.2) is 0 Å². The van der Waals surface area contributed by atoms with Crippen LogP contribution in [-0.4, -0.2) is 58.6 Å². The molecule has 1 rings (SSSR count). The molecule has 6 heteroatoms. The minimum atomic E-state index is -0.533. The highest BCUT2D eigenvalue weighted by molar-refractivity contribution is 5.82. The van der Waals surface area contributed by atoms with Crippen LogP contribution in [-0.2, 0) is 9.53 Å². The predicted octanol–water partition coefficient (Wildman–Crippen LogP) is 2.61. The minimum absolute atomic E-state index is 0.0127. The van der Waals surface area contributed by atoms with Gasteiger partial charge in [-0.2, -0.15) is 0 Å². The fourth-order valence-corrected chi connectivity index (χ4v) is 2.97. The van der Waals surface area contributed by atoms with E-state index >= 15 is 0 Å². The van der Waals surface area contributed by atoms with Gasteiger partial charge in [-0.15, -0.1) is 0 Å². The van der Waals surface area contributed by atoms with Crippen LogP contribution in [0.3, 0.4) is 0 Å². The van der Waals surface area contributed by atoms with Gasteiger partial charge in [0.2, 0.25) is 5.91 Å². The number of hydrogen-bond donors (Lipinski definition) is 1. The average Bonchev–Trinajstić information content (AvgIpc) is 2.43. The Morgan fingerprint density at radius 1 is 1.21 bits per heavy atom. The van der Waals surface area contributed by atoms with Crippen LogP contribution in [0.1, 0.15) is 61.3 Å². The number of nitrogens with two attached hydrogens (primary N) is 1. The summed E-state index contributed by atoms with van der Waals surface area (Å²) in [5, 5.41) is 0. The van der Waals surface area contributed by atoms with Crippen molar-refractivity contribution in [2.75, 3.05) is 13.1 Å². The molecule has 140 valence electrons. The zero-order chi connectivity index (χ0) is 18.7. The number of nitrogens with zero attached hydrogens (tertiary/aromatic N) is 2. The van der Waals surface area contributed by atoms with Gasteiger partial charge < -0.3 is 20.3 Å². The number of likely N-dealkylation sites (tertiary alicyclic amines) is 1. The summed E-state index contributed by atoms with van der Waals surface area (Å²) in [6.07, 6.45) is 1.43. The average molecular weight is 341 g/mol. The second-order valence-electron chi connectivity index (χ2n) is 8.33. The lowest BCUT2D eigenvalue weighted by molar-refractivity contribution is -0.136. The zero-order valence-corrected chi connectivity index (χ0v) is 16.3. The van der Waals surface area contributed by atoms with Crippen molar-refractivity contribution in [2.45, 2.75) is 85.0 Å². The summed E-state index contributed by atoms with van der Waals surface area (Å²) in [6.45, 7) is 14.7. The van der Waals surface area contributed by atoms with Crippen molar-refractivity contribution in [2.24, 2.45) is 11.7 Å². The number of hydrogen-bond acceptors (Lipinski definition) is 4. The van der Waals surface area contributed by atoms with E-state index in [2.05, 4.69) is 0 Å². The third-order valence-corrected chi connectivity index (χ3v) is 4.27. The molecule has 0 aromatic rings. The van der Waals surface area contributed by atoms with Crippen LogP contribution in [0.2, 0.25) is 0 Å². The van der Waals surface area contributed by atoms with E-state index in [1.165, 1.54) is 0 Å². The van der Waals surface area contributed by atoms with Gasteiger partial charge >= 0.3 is 6.09 Å². The van der Waals surface area contributed by atoms with E-state index in [0.29, 0.717) is 13.1 Å². The molecule has 1 unspecified atom stereocenters. The summed E-state index contributed by atoms with van der Waals surface area (Å²) in [7, 11) is 0. The highest BCUT2D eigenvalue weighted by atomic mass is 16.6. The standard InChI is InChI=1S/C18H35N3O3/c1-12(2)15(19)16(22)20-10-8-9-14(11-20)21(13(3)4)17(23)24-18(5,6)7/h12-15H,8-11,19H2,1-7H3/t14?,15-/m0/s1. The summed E-state index contributed by atoms with van der Waals surface area (Å²) >= 11 is 0. The molecule has 0 radical (unpaired) electrons. The maximum Gasteiger partial charge on any atom is 0.410 e. The third kappa shape index (κ3) is 5.65. The van der Waals surface area contributed by atoms with E-state index in [-0.39, 0.29) is 30.0 Å². The minimum Gasteiger partial charge on any atom is -0.444 e. The van der Waals surface area contributed by atoms with Crippen LogP contribution in [0.5, 0.6) is 0 Å². The Labute approximate surface area is 146 Å². The van der Waals surface area contributed by atoms with Crippen molar-refractivity contribution in [1.82, 2.24) is 9.80 Å². The summed E-state index contributed by atoms with van der Waals surface area (Å²) in [5.41, 5.74) is 5.49. The normalized spacial score (nSPS) is 20.2. The highest BCUT2D eigenvalue weighted by Crippen LogP contribution is 2.22. The smallest absolute Gasteiger partial charge is 0.410 e. The van der Waals surface area contributed by atoms with E-state index in [1.807, 2.05) is 48.5 Å². The predicted molar refractivity (Wildman–Crippen MR) is 95.6 cm³/mol. The highest BCUT2D eigenvalue weighted by Gasteiger charge is 2.35. The number of amides is 2. The summed E-state index contributed by atoms with van der Waals surface area (Å²) in [5.74, 6) is 0.0764. The Balaban J connectivity index is 2.85. The molecule has 2 amide bonds. The molecule has 2 N–H and O–H groups in total. The van der Waals surface area contributed by atoms with Gasteiger partial charge in [-0.05, 0) is 53.4 Å². The van der Waals surface area contributed by atoms with Gasteiger partial charge in [0.1, 0.15) is 5.60 Å². The van der Waals surface area contributed by atoms with Gasteiger partial charge in [-0.25, -0.2) is 4.79 Å². The summed E-state index contributed by atoms with van der Waals surface area (Å²) < 4.78 is 5.55. The monoisotopic (exact) mass is 341 g/mol. The second kappa shape index (κ2) is 8.19. The lowest BCUT2D eigenvalue weighted by Crippen LogP contribution is -2.57. The first kappa shape index (κ1) is 20.7. The van der Waals surface area contributed by atoms with Gasteiger partial charge in [-0.1, -0.05) is 13.8 Å². The first-order valence-electron chi connectivity index (χ1n) is 8.99. The molecule has 0 saturated carbocycles. The number of ether oxygens (including phenoxy) is 1. The first-order valence-corrected chi connectivity index (χ1v) is 8.99. The molecule has 1 aliphatic rings. The van der Waals surface area contributed by atoms with Crippen molar-refractivity contribution in [3.63, 3.8) is 0 Å². The SMILES string of the molecule is CC(C)[C@H](N)C(=O)N1CCCC(N(C(=O)OC(C)(C)C)C(C)C)C1. The first-order chi connectivity index (χ1) is 10.9. The lowest BCUT2D eigenvalue weighted by Gasteiger charge is -2.42. The van der Waals surface area contributed by atoms with Crippen LogP contribution >= 0.6 is 0 Å². The Morgan fingerprint density at radius 2 is 1.79 bits per heavy atom. The third-order valence-electron chi connectivity index (χ3n) is 4.27. The maximum atomic E-state index is 12.6. The number of rotatable bonds is 4. The molecule has 0 spiro atoms. The molecular formula is C18H35N3O3. The lowest BCUT2D eigenvalue weighted by atomic mass is 9.99. The molecule has 6 nitrogen and oxygen atoms in total. The Hall–Kier alpha value is -1.30. The fraction of sp³-hybridized carbons (Fsp3) is 0.889. The maximum absolute atomic E-state index is 12.6. The number of carbonyl (C=O) groups excluding carboxylic acids is 2. The van der Waals surface area contributed by atoms with Gasteiger partial charge in [0.05, 0.1) is 12.1 Å². The molecule has 1 fully saturated rings. The molecule has 1 heterocycles. The van der Waals surface area contributed by atoms with E-state index in [0.717, 1.165) is 12.8 Å². The molecule has 2 atom stereocenters. The van der Waals surface area contributed by atoms with Crippen molar-refractivity contribution in [1.29, 1.82) is 0 Å². The summed E-state index contributed by atoms with van der Waals surface area (Å²) in [4.78, 5) is 28.7. The number of piperidine rings is 1. The molecular weight excluding hydrogens is 306 g/mol. The molecule has 0 bridgehead atoms. The van der Waals surface area contributed by atoms with E-state index in [4.69, 9.17) is 10.5 Å². The van der Waals surface area contributed by atoms with Gasteiger partial charge in [-0.3, -0.25) is 4.79 Å². The van der Waals surface area contributed by atoms with E-state index < -0.39 is 11.6 Å². The van der Waals surface area contributed by atoms with Crippen molar-refractivity contribution in [3.05, 3.63) is 0 Å². The quantitative estimate of drug-likeness (QED) is 0.853. The largest absolute Gasteiger partial charge is 0.444 e. The van der Waals surface area contributed by atoms with Crippen molar-refractivity contribution >= 4 is 12.0 Å². The second-order valence-corrected chi connectivity index (χ2v) is 8.33.